The van der Waals surface area contributed by atoms with Crippen LogP contribution in [0.1, 0.15) is 205 Å². The number of rotatable bonds is 14. The zero-order valence-electron chi connectivity index (χ0n) is 58.7. The number of hydrogen-bond donors (Lipinski definition) is 8. The van der Waals surface area contributed by atoms with Crippen molar-refractivity contribution < 1.29 is 110 Å². The molecule has 6 aliphatic rings. The summed E-state index contributed by atoms with van der Waals surface area (Å²) in [6.07, 6.45) is -14.7. The van der Waals surface area contributed by atoms with Gasteiger partial charge in [-0.2, -0.15) is 52.7 Å². The van der Waals surface area contributed by atoms with Crippen LogP contribution in [0.5, 0.6) is 0 Å². The third kappa shape index (κ3) is 17.5. The predicted molar refractivity (Wildman–Crippen MR) is 291 cm³/mol. The van der Waals surface area contributed by atoms with Gasteiger partial charge >= 0.3 is 35.9 Å². The molecule has 8 N–H and O–H groups in total. The van der Waals surface area contributed by atoms with Crippen molar-refractivity contribution in [2.24, 2.45) is 46.3 Å². The van der Waals surface area contributed by atoms with Crippen molar-refractivity contribution in [3.05, 3.63) is 58.7 Å². The summed E-state index contributed by atoms with van der Waals surface area (Å²) >= 11 is 0. The molecule has 12 atom stereocenters. The van der Waals surface area contributed by atoms with Gasteiger partial charge in [-0.15, -0.1) is 0 Å². The molecule has 0 amide bonds. The van der Waals surface area contributed by atoms with Gasteiger partial charge in [-0.05, 0) is 212 Å². The Morgan fingerprint density at radius 3 is 1.34 bits per heavy atom. The summed E-state index contributed by atoms with van der Waals surface area (Å²) in [4.78, 5) is 0. The Kier molecular flexibility index (Phi) is 17.5. The monoisotopic (exact) mass is 1210 g/mol. The van der Waals surface area contributed by atoms with Crippen LogP contribution in [0.2, 0.25) is 0 Å². The minimum atomic E-state index is -6.14. The van der Waals surface area contributed by atoms with E-state index >= 15 is 0 Å². The van der Waals surface area contributed by atoms with Crippen molar-refractivity contribution in [1.82, 2.24) is 0 Å². The molecule has 0 aliphatic heterocycles. The Hall–Kier alpha value is -3.34. The van der Waals surface area contributed by atoms with Crippen molar-refractivity contribution in [1.29, 1.82) is 0 Å². The second-order valence-electron chi connectivity index (χ2n) is 24.7. The number of alkyl halides is 12. The number of halogens is 12. The molecular weight excluding hydrogens is 1110 g/mol. The molecule has 472 valence electrons. The van der Waals surface area contributed by atoms with Crippen LogP contribution >= 0.6 is 0 Å². The van der Waals surface area contributed by atoms with E-state index in [4.69, 9.17) is 16.4 Å². The molecule has 83 heavy (non-hydrogen) atoms. The molecule has 6 fully saturated rings. The molecule has 8 nitrogen and oxygen atoms in total. The second-order valence-corrected chi connectivity index (χ2v) is 24.7. The number of aliphatic hydroxyl groups excluding tert-OH is 4. The van der Waals surface area contributed by atoms with Crippen molar-refractivity contribution in [3.63, 3.8) is 0 Å². The van der Waals surface area contributed by atoms with E-state index < -0.39 is 147 Å². The molecule has 0 aromatic rings. The second kappa shape index (κ2) is 27.0. The average Bonchev–Trinajstić information content (AvgIpc) is 1.72. The fraction of sp³-hybridized carbons (Fsp3) is 0.778. The molecule has 0 aromatic heterocycles. The first-order chi connectivity index (χ1) is 43.0. The summed E-state index contributed by atoms with van der Waals surface area (Å²) in [6.45, 7) is -5.31. The third-order valence-corrected chi connectivity index (χ3v) is 18.7. The standard InChI is InChI=1S/C32H44F6O4.C31H44F6O4/c1-20-23(18-24(39)19-27(20)40)12-11-22-9-6-16-29(4)25(13-14-26(22)29)21(8-5-15-28(2,3)41)10-7-17-30(42,31(33,34)35)32(36,37)38;1-27(2,40)14-4-7-21(9-6-16-29(41,30(32,33)34)31(35,36)37)25-12-13-26-22(8-5-15-28(25,26)3)11-10-20-17-23(38)19-24(39)18-20/h11-12,21,24-27,39-42H,1,5-6,8-10,13-16,18-19H2,2-4H3;10-11,21,23-26,38-41H,4-5,7-9,12-15,17-19H2,1-3H3/b22-11+,23-12-;22-11+/t21-,24+,25?,26?,27-,29+;21-,23+,24+,25?,26?,28+/m00/s1/i2D3,3D3;1D3,2D3. The summed E-state index contributed by atoms with van der Waals surface area (Å²) < 4.78 is 251. The van der Waals surface area contributed by atoms with Gasteiger partial charge in [0.05, 0.1) is 35.6 Å². The first-order valence-corrected chi connectivity index (χ1v) is 28.3. The van der Waals surface area contributed by atoms with Gasteiger partial charge in [0.2, 0.25) is 0 Å². The lowest BCUT2D eigenvalue weighted by atomic mass is 9.60. The van der Waals surface area contributed by atoms with E-state index in [-0.39, 0.29) is 55.8 Å². The minimum Gasteiger partial charge on any atom is -0.393 e. The summed E-state index contributed by atoms with van der Waals surface area (Å²) in [5.41, 5.74) is -13.5. The Labute approximate surface area is 498 Å². The SMILES string of the molecule is [2H]C([2H])([2H])C(O)(CCC[C@@H](CC#CC(O)(C(F)(F)F)C(F)(F)F)C1CCC2/C(=C/C=C3/C[C@@H](O)C[C@H](O)C3=C)CCC[C@@]21C)C([2H])([2H])[2H].[2H]C([2H])([2H])C(O)(CCC[C@@H](CC#CC(O)(C(F)(F)F)C(F)(F)F)C1CCC2/C(=C/C=C3C[C@@H](O)C[C@H](O)C3)CCC[C@@]21C)C([2H])([2H])[2H]. The molecule has 0 bridgehead atoms. The Morgan fingerprint density at radius 1 is 0.566 bits per heavy atom. The quantitative estimate of drug-likeness (QED) is 0.0630. The normalized spacial score (nSPS) is 34.5. The van der Waals surface area contributed by atoms with Crippen LogP contribution < -0.4 is 0 Å². The maximum absolute atomic E-state index is 13.3. The van der Waals surface area contributed by atoms with Crippen LogP contribution in [-0.4, -0.2) is 112 Å². The Balaban J connectivity index is 0.000000344. The summed E-state index contributed by atoms with van der Waals surface area (Å²) in [5, 5.41) is 81.0. The zero-order chi connectivity index (χ0) is 72.6. The van der Waals surface area contributed by atoms with Gasteiger partial charge in [0.25, 0.3) is 0 Å². The maximum Gasteiger partial charge on any atom is 0.438 e. The largest absolute Gasteiger partial charge is 0.438 e. The van der Waals surface area contributed by atoms with E-state index in [0.717, 1.165) is 41.4 Å². The van der Waals surface area contributed by atoms with Crippen LogP contribution in [0.15, 0.2) is 58.7 Å². The number of allylic oxidation sites excluding steroid dienone is 6. The van der Waals surface area contributed by atoms with Crippen LogP contribution in [0.25, 0.3) is 0 Å². The Morgan fingerprint density at radius 2 is 0.952 bits per heavy atom. The number of hydrogen-bond acceptors (Lipinski definition) is 8. The highest BCUT2D eigenvalue weighted by Crippen LogP contribution is 2.62. The van der Waals surface area contributed by atoms with E-state index in [1.165, 1.54) is 0 Å². The minimum absolute atomic E-state index is 0.00374. The molecule has 6 saturated carbocycles. The van der Waals surface area contributed by atoms with E-state index in [2.05, 4.69) is 6.58 Å². The van der Waals surface area contributed by atoms with Gasteiger partial charge in [0.1, 0.15) is 0 Å². The predicted octanol–water partition coefficient (Wildman–Crippen LogP) is 13.7. The summed E-state index contributed by atoms with van der Waals surface area (Å²) in [5.74, 6) is 3.74. The van der Waals surface area contributed by atoms with Gasteiger partial charge < -0.3 is 40.9 Å². The zero-order valence-corrected chi connectivity index (χ0v) is 46.7. The van der Waals surface area contributed by atoms with Crippen LogP contribution in [-0.2, 0) is 0 Å². The third-order valence-electron chi connectivity index (χ3n) is 18.7. The van der Waals surface area contributed by atoms with Crippen molar-refractivity contribution >= 4 is 0 Å². The molecule has 6 rings (SSSR count). The smallest absolute Gasteiger partial charge is 0.393 e. The van der Waals surface area contributed by atoms with E-state index in [9.17, 15) is 93.5 Å². The average molecular weight is 1210 g/mol. The highest BCUT2D eigenvalue weighted by molar-refractivity contribution is 5.39. The molecule has 6 aliphatic carbocycles. The summed E-state index contributed by atoms with van der Waals surface area (Å²) in [7, 11) is 0. The summed E-state index contributed by atoms with van der Waals surface area (Å²) in [6, 6.07) is 0. The van der Waals surface area contributed by atoms with Gasteiger partial charge in [-0.3, -0.25) is 0 Å². The maximum atomic E-state index is 13.3. The van der Waals surface area contributed by atoms with E-state index in [1.807, 2.05) is 50.0 Å². The Bertz CT molecular complexity index is 2860. The molecule has 20 heteroatoms. The molecule has 0 spiro atoms. The molecule has 0 radical (unpaired) electrons. The molecule has 0 aromatic carbocycles. The van der Waals surface area contributed by atoms with Crippen molar-refractivity contribution in [3.8, 4) is 23.7 Å². The fourth-order valence-corrected chi connectivity index (χ4v) is 14.5. The van der Waals surface area contributed by atoms with Crippen molar-refractivity contribution in [2.45, 2.75) is 260 Å². The number of aliphatic hydroxyl groups is 8. The number of fused-ring (bicyclic) bond motifs is 2. The lowest BCUT2D eigenvalue weighted by Gasteiger charge is -2.45. The molecule has 0 heterocycles. The van der Waals surface area contributed by atoms with Gasteiger partial charge in [-0.1, -0.05) is 86.1 Å². The lowest BCUT2D eigenvalue weighted by molar-refractivity contribution is -0.344. The van der Waals surface area contributed by atoms with E-state index in [0.29, 0.717) is 88.2 Å². The highest BCUT2D eigenvalue weighted by atomic mass is 19.4. The van der Waals surface area contributed by atoms with Crippen molar-refractivity contribution in [2.75, 3.05) is 0 Å². The van der Waals surface area contributed by atoms with Crippen LogP contribution in [0, 0.1) is 70.0 Å². The first-order valence-electron chi connectivity index (χ1n) is 34.3. The first kappa shape index (κ1) is 53.9. The molecule has 4 unspecified atom stereocenters. The van der Waals surface area contributed by atoms with E-state index in [1.54, 1.807) is 0 Å². The fourth-order valence-electron chi connectivity index (χ4n) is 14.5. The van der Waals surface area contributed by atoms with Gasteiger partial charge in [0.15, 0.2) is 0 Å². The molecule has 0 saturated heterocycles. The topological polar surface area (TPSA) is 162 Å². The van der Waals surface area contributed by atoms with Crippen LogP contribution in [0.4, 0.5) is 52.7 Å². The van der Waals surface area contributed by atoms with Gasteiger partial charge in [0, 0.05) is 35.7 Å². The van der Waals surface area contributed by atoms with Crippen LogP contribution in [0.3, 0.4) is 0 Å². The highest BCUT2D eigenvalue weighted by Gasteiger charge is 2.71. The molecular formula is C63H88F12O8. The van der Waals surface area contributed by atoms with Gasteiger partial charge in [-0.25, -0.2) is 0 Å². The lowest BCUT2D eigenvalue weighted by Crippen LogP contribution is -2.55.